The predicted octanol–water partition coefficient (Wildman–Crippen LogP) is 4.62. The lowest BCUT2D eigenvalue weighted by Crippen LogP contribution is -1.99. The summed E-state index contributed by atoms with van der Waals surface area (Å²) >= 11 is 6.49. The Morgan fingerprint density at radius 3 is 2.75 bits per heavy atom. The third-order valence-corrected chi connectivity index (χ3v) is 4.10. The van der Waals surface area contributed by atoms with Crippen molar-refractivity contribution >= 4 is 33.4 Å². The van der Waals surface area contributed by atoms with Crippen LogP contribution in [-0.2, 0) is 7.05 Å². The predicted molar refractivity (Wildman–Crippen MR) is 79.8 cm³/mol. The molecule has 0 saturated carbocycles. The topological polar surface area (TPSA) is 17.8 Å². The molecule has 0 unspecified atom stereocenters. The minimum Gasteiger partial charge on any atom is -0.342 e. The molecule has 0 fully saturated rings. The largest absolute Gasteiger partial charge is 0.342 e. The SMILES string of the molecule is Cn1c2c3cc(F)ccc3nc-2c(Cl)c2ccccc21. The van der Waals surface area contributed by atoms with Gasteiger partial charge in [0.15, 0.2) is 0 Å². The summed E-state index contributed by atoms with van der Waals surface area (Å²) in [6.07, 6.45) is 0. The van der Waals surface area contributed by atoms with Crippen LogP contribution in [0.4, 0.5) is 4.39 Å². The molecule has 0 aliphatic carbocycles. The lowest BCUT2D eigenvalue weighted by molar-refractivity contribution is 0.629. The van der Waals surface area contributed by atoms with Crippen LogP contribution in [0.15, 0.2) is 42.5 Å². The molecule has 2 aliphatic heterocycles. The summed E-state index contributed by atoms with van der Waals surface area (Å²) in [4.78, 5) is 4.55. The Labute approximate surface area is 119 Å². The van der Waals surface area contributed by atoms with Gasteiger partial charge in [-0.1, -0.05) is 29.8 Å². The lowest BCUT2D eigenvalue weighted by atomic mass is 10.1. The van der Waals surface area contributed by atoms with E-state index in [1.54, 1.807) is 6.07 Å². The maximum absolute atomic E-state index is 13.5. The van der Waals surface area contributed by atoms with Gasteiger partial charge >= 0.3 is 0 Å². The molecule has 2 aromatic carbocycles. The molecule has 0 saturated heterocycles. The highest BCUT2D eigenvalue weighted by Gasteiger charge is 2.21. The zero-order chi connectivity index (χ0) is 13.9. The van der Waals surface area contributed by atoms with Crippen LogP contribution in [-0.4, -0.2) is 9.55 Å². The molecule has 4 heteroatoms. The van der Waals surface area contributed by atoms with Crippen LogP contribution in [0.5, 0.6) is 0 Å². The van der Waals surface area contributed by atoms with Gasteiger partial charge in [-0.15, -0.1) is 0 Å². The van der Waals surface area contributed by atoms with Gasteiger partial charge in [0.05, 0.1) is 16.2 Å². The molecule has 2 aromatic rings. The molecule has 0 aromatic heterocycles. The van der Waals surface area contributed by atoms with Crippen LogP contribution in [0.1, 0.15) is 0 Å². The summed E-state index contributed by atoms with van der Waals surface area (Å²) < 4.78 is 15.5. The number of pyridine rings is 1. The molecule has 0 amide bonds. The minimum absolute atomic E-state index is 0.268. The van der Waals surface area contributed by atoms with E-state index in [0.29, 0.717) is 10.7 Å². The van der Waals surface area contributed by atoms with E-state index in [4.69, 9.17) is 11.6 Å². The van der Waals surface area contributed by atoms with Crippen molar-refractivity contribution in [3.8, 4) is 11.4 Å². The molecule has 0 N–H and O–H groups in total. The minimum atomic E-state index is -0.268. The number of para-hydroxylation sites is 1. The van der Waals surface area contributed by atoms with E-state index in [-0.39, 0.29) is 5.82 Å². The number of fused-ring (bicyclic) bond motifs is 4. The number of hydrogen-bond acceptors (Lipinski definition) is 1. The van der Waals surface area contributed by atoms with E-state index in [9.17, 15) is 4.39 Å². The lowest BCUT2D eigenvalue weighted by Gasteiger charge is -2.14. The van der Waals surface area contributed by atoms with Crippen LogP contribution >= 0.6 is 11.6 Å². The summed E-state index contributed by atoms with van der Waals surface area (Å²) in [5, 5.41) is 2.35. The standard InChI is InChI=1S/C16H10ClFN2/c1-20-13-5-3-2-4-10(13)14(17)15-16(20)11-8-9(18)6-7-12(11)19-15/h2-8H,1H3. The van der Waals surface area contributed by atoms with Crippen LogP contribution in [0.3, 0.4) is 0 Å². The Balaban J connectivity index is 2.32. The van der Waals surface area contributed by atoms with E-state index in [1.165, 1.54) is 12.1 Å². The fourth-order valence-electron chi connectivity index (χ4n) is 2.79. The molecule has 0 spiro atoms. The van der Waals surface area contributed by atoms with Crippen LogP contribution in [0, 0.1) is 5.82 Å². The average molecular weight is 285 g/mol. The summed E-state index contributed by atoms with van der Waals surface area (Å²) in [5.74, 6) is -0.268. The van der Waals surface area contributed by atoms with Crippen molar-refractivity contribution in [3.05, 3.63) is 53.3 Å². The van der Waals surface area contributed by atoms with Crippen LogP contribution < -0.4 is 0 Å². The van der Waals surface area contributed by atoms with Crippen molar-refractivity contribution < 1.29 is 4.39 Å². The van der Waals surface area contributed by atoms with Crippen molar-refractivity contribution in [2.45, 2.75) is 0 Å². The highest BCUT2D eigenvalue weighted by atomic mass is 35.5. The number of hydrogen-bond donors (Lipinski definition) is 0. The van der Waals surface area contributed by atoms with Gasteiger partial charge in [-0.3, -0.25) is 0 Å². The smallest absolute Gasteiger partial charge is 0.124 e. The first-order valence-corrected chi connectivity index (χ1v) is 6.66. The molecule has 0 atom stereocenters. The Hall–Kier alpha value is -2.13. The van der Waals surface area contributed by atoms with Crippen molar-refractivity contribution in [3.63, 3.8) is 0 Å². The quantitative estimate of drug-likeness (QED) is 0.460. The number of halogens is 2. The fraction of sp³-hybridized carbons (Fsp3) is 0.0625. The van der Waals surface area contributed by atoms with Crippen molar-refractivity contribution in [2.24, 2.45) is 7.05 Å². The summed E-state index contributed by atoms with van der Waals surface area (Å²) in [6, 6.07) is 12.5. The Morgan fingerprint density at radius 1 is 1.10 bits per heavy atom. The van der Waals surface area contributed by atoms with Gasteiger partial charge in [-0.05, 0) is 24.3 Å². The highest BCUT2D eigenvalue weighted by molar-refractivity contribution is 6.38. The van der Waals surface area contributed by atoms with Gasteiger partial charge in [0.25, 0.3) is 0 Å². The number of benzene rings is 2. The van der Waals surface area contributed by atoms with E-state index < -0.39 is 0 Å². The van der Waals surface area contributed by atoms with E-state index in [2.05, 4.69) is 4.98 Å². The van der Waals surface area contributed by atoms with E-state index in [1.807, 2.05) is 35.9 Å². The molecule has 98 valence electrons. The van der Waals surface area contributed by atoms with Crippen molar-refractivity contribution in [1.29, 1.82) is 0 Å². The number of rotatable bonds is 0. The number of nitrogens with zero attached hydrogens (tertiary/aromatic N) is 2. The Bertz CT molecular complexity index is 942. The Morgan fingerprint density at radius 2 is 1.90 bits per heavy atom. The highest BCUT2D eigenvalue weighted by Crippen LogP contribution is 2.40. The monoisotopic (exact) mass is 284 g/mol. The maximum atomic E-state index is 13.5. The summed E-state index contributed by atoms with van der Waals surface area (Å²) in [6.45, 7) is 0. The Kier molecular flexibility index (Phi) is 2.30. The van der Waals surface area contributed by atoms with Gasteiger partial charge in [-0.2, -0.15) is 0 Å². The second kappa shape index (κ2) is 3.93. The van der Waals surface area contributed by atoms with Gasteiger partial charge in [0.1, 0.15) is 11.5 Å². The van der Waals surface area contributed by atoms with Crippen LogP contribution in [0.25, 0.3) is 33.2 Å². The number of aryl methyl sites for hydroxylation is 1. The molecule has 20 heavy (non-hydrogen) atoms. The fourth-order valence-corrected chi connectivity index (χ4v) is 3.08. The average Bonchev–Trinajstić information content (AvgIpc) is 2.84. The third kappa shape index (κ3) is 1.41. The van der Waals surface area contributed by atoms with Gasteiger partial charge in [0.2, 0.25) is 0 Å². The first kappa shape index (κ1) is 11.7. The first-order valence-electron chi connectivity index (χ1n) is 6.28. The molecule has 2 heterocycles. The van der Waals surface area contributed by atoms with Crippen molar-refractivity contribution in [2.75, 3.05) is 0 Å². The first-order chi connectivity index (χ1) is 9.66. The zero-order valence-corrected chi connectivity index (χ0v) is 11.4. The molecule has 2 nitrogen and oxygen atoms in total. The second-order valence-corrected chi connectivity index (χ2v) is 5.24. The molecule has 0 bridgehead atoms. The molecule has 2 aliphatic rings. The van der Waals surface area contributed by atoms with Crippen LogP contribution in [0.2, 0.25) is 5.02 Å². The van der Waals surface area contributed by atoms with Crippen molar-refractivity contribution in [1.82, 2.24) is 9.55 Å². The third-order valence-electron chi connectivity index (χ3n) is 3.72. The molecule has 4 rings (SSSR count). The normalized spacial score (nSPS) is 11.8. The zero-order valence-electron chi connectivity index (χ0n) is 10.7. The summed E-state index contributed by atoms with van der Waals surface area (Å²) in [5.41, 5.74) is 3.34. The van der Waals surface area contributed by atoms with E-state index >= 15 is 0 Å². The molecular weight excluding hydrogens is 275 g/mol. The van der Waals surface area contributed by atoms with Gasteiger partial charge in [-0.25, -0.2) is 9.37 Å². The molecule has 0 radical (unpaired) electrons. The summed E-state index contributed by atoms with van der Waals surface area (Å²) in [7, 11) is 1.95. The number of aromatic nitrogens is 2. The van der Waals surface area contributed by atoms with E-state index in [0.717, 1.165) is 27.5 Å². The maximum Gasteiger partial charge on any atom is 0.124 e. The van der Waals surface area contributed by atoms with Gasteiger partial charge in [0, 0.05) is 23.3 Å². The van der Waals surface area contributed by atoms with Gasteiger partial charge < -0.3 is 4.57 Å². The molecular formula is C16H10ClFN2. The second-order valence-electron chi connectivity index (χ2n) is 4.86.